The van der Waals surface area contributed by atoms with Crippen molar-refractivity contribution in [1.82, 2.24) is 0 Å². The van der Waals surface area contributed by atoms with Gasteiger partial charge in [0.2, 0.25) is 0 Å². The van der Waals surface area contributed by atoms with Crippen LogP contribution in [0, 0.1) is 22.7 Å². The van der Waals surface area contributed by atoms with E-state index in [-0.39, 0.29) is 11.5 Å². The number of aliphatic hydroxyl groups is 1. The highest BCUT2D eigenvalue weighted by Gasteiger charge is 2.58. The minimum absolute atomic E-state index is 0.124. The van der Waals surface area contributed by atoms with Crippen LogP contribution in [0.1, 0.15) is 84.0 Å². The first-order valence-corrected chi connectivity index (χ1v) is 9.46. The lowest BCUT2D eigenvalue weighted by atomic mass is 9.43. The van der Waals surface area contributed by atoms with Crippen LogP contribution in [0.5, 0.6) is 0 Å². The van der Waals surface area contributed by atoms with E-state index in [2.05, 4.69) is 13.0 Å². The molecule has 1 heteroatoms. The molecule has 1 N–H and O–H groups in total. The van der Waals surface area contributed by atoms with Crippen molar-refractivity contribution in [2.75, 3.05) is 0 Å². The van der Waals surface area contributed by atoms with Crippen molar-refractivity contribution in [3.05, 3.63) is 11.6 Å². The third kappa shape index (κ3) is 2.50. The zero-order valence-electron chi connectivity index (χ0n) is 13.7. The summed E-state index contributed by atoms with van der Waals surface area (Å²) >= 11 is 0. The van der Waals surface area contributed by atoms with E-state index in [9.17, 15) is 5.11 Å². The molecular weight excluding hydrogens is 256 g/mol. The average molecular weight is 288 g/mol. The van der Waals surface area contributed by atoms with Crippen LogP contribution in [0.2, 0.25) is 0 Å². The minimum atomic E-state index is -0.124. The van der Waals surface area contributed by atoms with Gasteiger partial charge in [-0.05, 0) is 87.0 Å². The molecule has 4 saturated carbocycles. The van der Waals surface area contributed by atoms with Crippen LogP contribution in [0.4, 0.5) is 0 Å². The summed E-state index contributed by atoms with van der Waals surface area (Å²) in [5, 5.41) is 11.3. The summed E-state index contributed by atoms with van der Waals surface area (Å²) in [7, 11) is 0. The summed E-state index contributed by atoms with van der Waals surface area (Å²) in [5.41, 5.74) is 2.22. The van der Waals surface area contributed by atoms with E-state index in [0.29, 0.717) is 5.41 Å². The Morgan fingerprint density at radius 3 is 2.48 bits per heavy atom. The lowest BCUT2D eigenvalue weighted by Gasteiger charge is -2.63. The Hall–Kier alpha value is -0.300. The van der Waals surface area contributed by atoms with Gasteiger partial charge < -0.3 is 5.11 Å². The first-order chi connectivity index (χ1) is 10.1. The van der Waals surface area contributed by atoms with Crippen LogP contribution in [-0.4, -0.2) is 11.2 Å². The van der Waals surface area contributed by atoms with E-state index in [4.69, 9.17) is 0 Å². The van der Waals surface area contributed by atoms with Crippen LogP contribution in [0.3, 0.4) is 0 Å². The van der Waals surface area contributed by atoms with Crippen molar-refractivity contribution in [1.29, 1.82) is 0 Å². The Bertz CT molecular complexity index is 421. The molecule has 3 unspecified atom stereocenters. The predicted octanol–water partition coefficient (Wildman–Crippen LogP) is 5.23. The van der Waals surface area contributed by atoms with Crippen LogP contribution in [-0.2, 0) is 0 Å². The van der Waals surface area contributed by atoms with Crippen molar-refractivity contribution in [2.24, 2.45) is 22.7 Å². The van der Waals surface area contributed by atoms with Crippen molar-refractivity contribution in [3.8, 4) is 0 Å². The van der Waals surface area contributed by atoms with Gasteiger partial charge in [0.05, 0.1) is 6.10 Å². The molecule has 0 aromatic carbocycles. The topological polar surface area (TPSA) is 20.2 Å². The molecule has 3 atom stereocenters. The maximum Gasteiger partial charge on any atom is 0.0806 e. The molecule has 0 radical (unpaired) electrons. The van der Waals surface area contributed by atoms with E-state index in [0.717, 1.165) is 18.3 Å². The third-order valence-corrected chi connectivity index (χ3v) is 7.16. The SMILES string of the molecule is CC12CC3CC(C1)CC(C(O)C1=CCCCCCC1)(C3)C2. The molecule has 0 aromatic heterocycles. The normalized spacial score (nSPS) is 47.6. The minimum Gasteiger partial charge on any atom is -0.388 e. The largest absolute Gasteiger partial charge is 0.388 e. The summed E-state index contributed by atoms with van der Waals surface area (Å²) in [6.45, 7) is 2.51. The smallest absolute Gasteiger partial charge is 0.0806 e. The summed E-state index contributed by atoms with van der Waals surface area (Å²) in [5.74, 6) is 1.83. The standard InChI is InChI=1S/C20H32O/c1-19-10-15-9-16(11-19)13-20(12-15,14-19)18(21)17-7-5-3-2-4-6-8-17/h7,15-16,18,21H,2-6,8-14H2,1H3. The van der Waals surface area contributed by atoms with Gasteiger partial charge in [-0.25, -0.2) is 0 Å². The predicted molar refractivity (Wildman–Crippen MR) is 87.0 cm³/mol. The number of hydrogen-bond donors (Lipinski definition) is 1. The second-order valence-electron chi connectivity index (χ2n) is 9.27. The molecule has 5 aliphatic carbocycles. The fourth-order valence-corrected chi connectivity index (χ4v) is 6.98. The van der Waals surface area contributed by atoms with Crippen molar-refractivity contribution < 1.29 is 5.11 Å². The van der Waals surface area contributed by atoms with Gasteiger partial charge in [0.1, 0.15) is 0 Å². The van der Waals surface area contributed by atoms with E-state index < -0.39 is 0 Å². The summed E-state index contributed by atoms with van der Waals surface area (Å²) in [6, 6.07) is 0. The molecule has 1 nitrogen and oxygen atoms in total. The summed E-state index contributed by atoms with van der Waals surface area (Å²) < 4.78 is 0. The van der Waals surface area contributed by atoms with Gasteiger partial charge in [-0.15, -0.1) is 0 Å². The quantitative estimate of drug-likeness (QED) is 0.689. The summed E-state index contributed by atoms with van der Waals surface area (Å²) in [4.78, 5) is 0. The highest BCUT2D eigenvalue weighted by atomic mass is 16.3. The van der Waals surface area contributed by atoms with Gasteiger partial charge in [-0.1, -0.05) is 25.8 Å². The number of hydrogen-bond acceptors (Lipinski definition) is 1. The first kappa shape index (κ1) is 14.3. The summed E-state index contributed by atoms with van der Waals surface area (Å²) in [6.07, 6.45) is 18.3. The highest BCUT2D eigenvalue weighted by Crippen LogP contribution is 2.66. The van der Waals surface area contributed by atoms with E-state index in [1.807, 2.05) is 0 Å². The maximum atomic E-state index is 11.3. The molecule has 5 rings (SSSR count). The molecule has 21 heavy (non-hydrogen) atoms. The highest BCUT2D eigenvalue weighted by molar-refractivity contribution is 5.19. The van der Waals surface area contributed by atoms with E-state index in [1.54, 1.807) is 0 Å². The molecule has 0 amide bonds. The fraction of sp³-hybridized carbons (Fsp3) is 0.900. The maximum absolute atomic E-state index is 11.3. The fourth-order valence-electron chi connectivity index (χ4n) is 6.98. The Morgan fingerprint density at radius 2 is 1.76 bits per heavy atom. The number of aliphatic hydroxyl groups excluding tert-OH is 1. The van der Waals surface area contributed by atoms with Crippen LogP contribution in [0.25, 0.3) is 0 Å². The van der Waals surface area contributed by atoms with Gasteiger partial charge in [0.25, 0.3) is 0 Å². The molecule has 0 heterocycles. The van der Waals surface area contributed by atoms with Gasteiger partial charge in [0.15, 0.2) is 0 Å². The van der Waals surface area contributed by atoms with E-state index >= 15 is 0 Å². The molecule has 0 aromatic rings. The Morgan fingerprint density at radius 1 is 1.05 bits per heavy atom. The van der Waals surface area contributed by atoms with Crippen molar-refractivity contribution >= 4 is 0 Å². The Labute approximate surface area is 130 Å². The Balaban J connectivity index is 1.59. The van der Waals surface area contributed by atoms with Gasteiger partial charge in [-0.2, -0.15) is 0 Å². The van der Waals surface area contributed by atoms with Gasteiger partial charge >= 0.3 is 0 Å². The molecule has 0 saturated heterocycles. The molecular formula is C20H32O. The zero-order chi connectivity index (χ0) is 14.5. The molecule has 5 aliphatic rings. The monoisotopic (exact) mass is 288 g/mol. The first-order valence-electron chi connectivity index (χ1n) is 9.46. The lowest BCUT2D eigenvalue weighted by molar-refractivity contribution is -0.144. The molecule has 118 valence electrons. The second-order valence-corrected chi connectivity index (χ2v) is 9.27. The molecule has 0 aliphatic heterocycles. The lowest BCUT2D eigenvalue weighted by Crippen LogP contribution is -2.55. The number of rotatable bonds is 2. The van der Waals surface area contributed by atoms with Crippen LogP contribution in [0.15, 0.2) is 11.6 Å². The average Bonchev–Trinajstić information content (AvgIpc) is 2.34. The molecule has 4 bridgehead atoms. The Kier molecular flexibility index (Phi) is 3.48. The van der Waals surface area contributed by atoms with E-state index in [1.165, 1.54) is 76.2 Å². The number of allylic oxidation sites excluding steroid dienone is 1. The van der Waals surface area contributed by atoms with Crippen LogP contribution >= 0.6 is 0 Å². The van der Waals surface area contributed by atoms with Crippen molar-refractivity contribution in [2.45, 2.75) is 90.1 Å². The third-order valence-electron chi connectivity index (χ3n) is 7.16. The van der Waals surface area contributed by atoms with Gasteiger partial charge in [0, 0.05) is 5.41 Å². The van der Waals surface area contributed by atoms with Crippen molar-refractivity contribution in [3.63, 3.8) is 0 Å². The molecule has 0 spiro atoms. The van der Waals surface area contributed by atoms with Crippen LogP contribution < -0.4 is 0 Å². The second kappa shape index (κ2) is 5.11. The van der Waals surface area contributed by atoms with Gasteiger partial charge in [-0.3, -0.25) is 0 Å². The zero-order valence-corrected chi connectivity index (χ0v) is 13.7. The molecule has 4 fully saturated rings.